The van der Waals surface area contributed by atoms with Crippen molar-refractivity contribution >= 4 is 61.0 Å². The van der Waals surface area contributed by atoms with Crippen LogP contribution in [0.1, 0.15) is 34.0 Å². The lowest BCUT2D eigenvalue weighted by Gasteiger charge is -2.13. The van der Waals surface area contributed by atoms with Gasteiger partial charge in [-0.2, -0.15) is 9.78 Å². The second-order valence-corrected chi connectivity index (χ2v) is 9.54. The van der Waals surface area contributed by atoms with Gasteiger partial charge in [0, 0.05) is 10.4 Å². The van der Waals surface area contributed by atoms with Crippen molar-refractivity contribution in [2.45, 2.75) is 27.7 Å². The highest BCUT2D eigenvalue weighted by Gasteiger charge is 2.22. The van der Waals surface area contributed by atoms with Crippen LogP contribution in [0.3, 0.4) is 0 Å². The van der Waals surface area contributed by atoms with Crippen molar-refractivity contribution in [2.75, 3.05) is 11.9 Å². The lowest BCUT2D eigenvalue weighted by atomic mass is 10.0. The number of benzene rings is 2. The third-order valence-corrected chi connectivity index (χ3v) is 6.67. The van der Waals surface area contributed by atoms with Crippen molar-refractivity contribution in [2.24, 2.45) is 0 Å². The summed E-state index contributed by atoms with van der Waals surface area (Å²) in [5.74, 6) is 0.573. The molecule has 2 aromatic carbocycles. The second kappa shape index (κ2) is 8.70. The number of aryl methyl sites for hydroxylation is 3. The van der Waals surface area contributed by atoms with E-state index in [0.717, 1.165) is 32.2 Å². The zero-order valence-electron chi connectivity index (χ0n) is 19.1. The zero-order chi connectivity index (χ0) is 24.0. The fraction of sp³-hybridized carbons (Fsp3) is 0.200. The van der Waals surface area contributed by atoms with Crippen LogP contribution in [-0.2, 0) is 4.74 Å². The summed E-state index contributed by atoms with van der Waals surface area (Å²) in [4.78, 5) is 22.3. The van der Waals surface area contributed by atoms with E-state index in [2.05, 4.69) is 34.5 Å². The number of esters is 1. The van der Waals surface area contributed by atoms with Gasteiger partial charge >= 0.3 is 5.97 Å². The molecule has 0 atom stereocenters. The SMILES string of the molecule is CCOC(=O)c1cnn(-c2cc(C)c3cc(C)cc(C)c3n2)c1Nc1nc2ccc(Cl)cc2s1. The molecule has 7 nitrogen and oxygen atoms in total. The molecule has 0 spiro atoms. The van der Waals surface area contributed by atoms with Gasteiger partial charge in [-0.15, -0.1) is 0 Å². The minimum absolute atomic E-state index is 0.259. The number of nitrogens with zero attached hydrogens (tertiary/aromatic N) is 4. The molecule has 172 valence electrons. The van der Waals surface area contributed by atoms with E-state index in [4.69, 9.17) is 21.3 Å². The van der Waals surface area contributed by atoms with Crippen LogP contribution in [0.2, 0.25) is 5.02 Å². The monoisotopic (exact) mass is 491 g/mol. The Hall–Kier alpha value is -3.49. The highest BCUT2D eigenvalue weighted by molar-refractivity contribution is 7.22. The Morgan fingerprint density at radius 3 is 2.74 bits per heavy atom. The summed E-state index contributed by atoms with van der Waals surface area (Å²) in [6.07, 6.45) is 1.49. The number of aromatic nitrogens is 4. The van der Waals surface area contributed by atoms with E-state index in [0.29, 0.717) is 27.4 Å². The van der Waals surface area contributed by atoms with E-state index in [1.807, 2.05) is 32.0 Å². The Bertz CT molecular complexity index is 1570. The number of pyridine rings is 1. The number of thiazole rings is 1. The molecule has 0 fully saturated rings. The number of halogens is 1. The van der Waals surface area contributed by atoms with Gasteiger partial charge in [0.25, 0.3) is 0 Å². The van der Waals surface area contributed by atoms with Gasteiger partial charge in [-0.1, -0.05) is 34.6 Å². The molecule has 0 saturated heterocycles. The van der Waals surface area contributed by atoms with Gasteiger partial charge in [-0.25, -0.2) is 14.8 Å². The summed E-state index contributed by atoms with van der Waals surface area (Å²) in [7, 11) is 0. The Balaban J connectivity index is 1.66. The van der Waals surface area contributed by atoms with Crippen LogP contribution in [0.25, 0.3) is 26.9 Å². The topological polar surface area (TPSA) is 81.9 Å². The smallest absolute Gasteiger partial charge is 0.343 e. The number of hydrogen-bond acceptors (Lipinski definition) is 7. The zero-order valence-corrected chi connectivity index (χ0v) is 20.7. The van der Waals surface area contributed by atoms with E-state index >= 15 is 0 Å². The number of carbonyl (C=O) groups is 1. The molecule has 3 aromatic heterocycles. The minimum atomic E-state index is -0.468. The molecule has 0 aliphatic rings. The fourth-order valence-electron chi connectivity index (χ4n) is 3.99. The molecule has 0 saturated carbocycles. The quantitative estimate of drug-likeness (QED) is 0.281. The first-order chi connectivity index (χ1) is 16.3. The van der Waals surface area contributed by atoms with Crippen LogP contribution in [0.4, 0.5) is 10.9 Å². The van der Waals surface area contributed by atoms with Crippen LogP contribution in [0.15, 0.2) is 42.6 Å². The molecule has 3 heterocycles. The third-order valence-electron chi connectivity index (χ3n) is 5.50. The van der Waals surface area contributed by atoms with Gasteiger partial charge in [-0.3, -0.25) is 0 Å². The molecule has 0 radical (unpaired) electrons. The molecule has 0 aliphatic heterocycles. The number of nitrogens with one attached hydrogen (secondary N) is 1. The van der Waals surface area contributed by atoms with E-state index in [1.54, 1.807) is 17.7 Å². The van der Waals surface area contributed by atoms with Gasteiger partial charge in [0.15, 0.2) is 16.8 Å². The molecular weight excluding hydrogens is 470 g/mol. The first-order valence-corrected chi connectivity index (χ1v) is 12.0. The number of hydrogen-bond donors (Lipinski definition) is 1. The van der Waals surface area contributed by atoms with Gasteiger partial charge < -0.3 is 10.1 Å². The third kappa shape index (κ3) is 3.99. The van der Waals surface area contributed by atoms with Crippen LogP contribution < -0.4 is 5.32 Å². The Labute approximate surface area is 205 Å². The standard InChI is InChI=1S/C25H22ClN5O2S/c1-5-33-24(32)18-12-27-31(21-10-14(3)17-9-13(2)8-15(4)22(17)29-21)23(18)30-25-28-19-7-6-16(26)11-20(19)34-25/h6-12H,5H2,1-4H3,(H,28,30). The van der Waals surface area contributed by atoms with Crippen LogP contribution in [0, 0.1) is 20.8 Å². The number of rotatable bonds is 5. The summed E-state index contributed by atoms with van der Waals surface area (Å²) in [5.41, 5.74) is 5.35. The molecule has 0 unspecified atom stereocenters. The molecular formula is C25H22ClN5O2S. The van der Waals surface area contributed by atoms with Crippen molar-refractivity contribution in [3.8, 4) is 5.82 Å². The molecule has 0 bridgehead atoms. The molecule has 0 amide bonds. The predicted octanol–water partition coefficient (Wildman–Crippen LogP) is 6.53. The van der Waals surface area contributed by atoms with Gasteiger partial charge in [0.05, 0.1) is 28.5 Å². The maximum atomic E-state index is 12.7. The molecule has 34 heavy (non-hydrogen) atoms. The van der Waals surface area contributed by atoms with Crippen molar-refractivity contribution in [3.05, 3.63) is 69.9 Å². The summed E-state index contributed by atoms with van der Waals surface area (Å²) >= 11 is 7.57. The Morgan fingerprint density at radius 2 is 1.94 bits per heavy atom. The average Bonchev–Trinajstić information content (AvgIpc) is 3.38. The van der Waals surface area contributed by atoms with Crippen LogP contribution in [-0.4, -0.2) is 32.3 Å². The van der Waals surface area contributed by atoms with Gasteiger partial charge in [0.1, 0.15) is 5.56 Å². The lowest BCUT2D eigenvalue weighted by Crippen LogP contribution is -2.10. The van der Waals surface area contributed by atoms with Gasteiger partial charge in [0.2, 0.25) is 0 Å². The Kier molecular flexibility index (Phi) is 5.71. The number of anilines is 2. The summed E-state index contributed by atoms with van der Waals surface area (Å²) in [5, 5.41) is 10.1. The van der Waals surface area contributed by atoms with Crippen molar-refractivity contribution in [1.29, 1.82) is 0 Å². The van der Waals surface area contributed by atoms with Crippen molar-refractivity contribution in [3.63, 3.8) is 0 Å². The highest BCUT2D eigenvalue weighted by atomic mass is 35.5. The summed E-state index contributed by atoms with van der Waals surface area (Å²) in [6.45, 7) is 8.20. The molecule has 1 N–H and O–H groups in total. The largest absolute Gasteiger partial charge is 0.462 e. The lowest BCUT2D eigenvalue weighted by molar-refractivity contribution is 0.0527. The molecule has 9 heteroatoms. The Morgan fingerprint density at radius 1 is 1.12 bits per heavy atom. The van der Waals surface area contributed by atoms with E-state index < -0.39 is 5.97 Å². The summed E-state index contributed by atoms with van der Waals surface area (Å²) < 4.78 is 7.83. The predicted molar refractivity (Wildman–Crippen MR) is 137 cm³/mol. The first-order valence-electron chi connectivity index (χ1n) is 10.8. The second-order valence-electron chi connectivity index (χ2n) is 8.07. The van der Waals surface area contributed by atoms with Crippen LogP contribution in [0.5, 0.6) is 0 Å². The molecule has 5 aromatic rings. The molecule has 0 aliphatic carbocycles. The maximum absolute atomic E-state index is 12.7. The van der Waals surface area contributed by atoms with E-state index in [9.17, 15) is 4.79 Å². The summed E-state index contributed by atoms with van der Waals surface area (Å²) in [6, 6.07) is 11.7. The van der Waals surface area contributed by atoms with Crippen LogP contribution >= 0.6 is 22.9 Å². The maximum Gasteiger partial charge on any atom is 0.343 e. The minimum Gasteiger partial charge on any atom is -0.462 e. The molecule has 5 rings (SSSR count). The van der Waals surface area contributed by atoms with E-state index in [-0.39, 0.29) is 6.61 Å². The highest BCUT2D eigenvalue weighted by Crippen LogP contribution is 2.33. The van der Waals surface area contributed by atoms with E-state index in [1.165, 1.54) is 23.1 Å². The number of fused-ring (bicyclic) bond motifs is 2. The fourth-order valence-corrected chi connectivity index (χ4v) is 5.13. The average molecular weight is 492 g/mol. The normalized spacial score (nSPS) is 11.3. The van der Waals surface area contributed by atoms with Crippen molar-refractivity contribution < 1.29 is 9.53 Å². The van der Waals surface area contributed by atoms with Gasteiger partial charge in [-0.05, 0) is 69.2 Å². The first kappa shape index (κ1) is 22.3. The number of ether oxygens (including phenoxy) is 1. The number of carbonyl (C=O) groups excluding carboxylic acids is 1. The van der Waals surface area contributed by atoms with Crippen molar-refractivity contribution in [1.82, 2.24) is 19.7 Å².